The molecule has 1 N–H and O–H groups in total. The van der Waals surface area contributed by atoms with Crippen LogP contribution in [0.1, 0.15) is 11.5 Å². The summed E-state index contributed by atoms with van der Waals surface area (Å²) in [6, 6.07) is 0. The molecule has 2 aromatic rings. The van der Waals surface area contributed by atoms with E-state index < -0.39 is 0 Å². The molecule has 0 radical (unpaired) electrons. The number of esters is 1. The molecule has 0 aliphatic carbocycles. The van der Waals surface area contributed by atoms with Gasteiger partial charge >= 0.3 is 5.97 Å². The predicted molar refractivity (Wildman–Crippen MR) is 66.2 cm³/mol. The maximum atomic E-state index is 11.1. The highest BCUT2D eigenvalue weighted by Gasteiger charge is 2.08. The predicted octanol–water partition coefficient (Wildman–Crippen LogP) is 0.599. The second kappa shape index (κ2) is 5.58. The standard InChI is InChI=1S/C10H13N5O2S/c1-15-6-12-8(14-15)4-11-10-13-7(5-18-10)3-9(16)17-2/h5-6H,3-4H2,1-2H3,(H,11,13). The summed E-state index contributed by atoms with van der Waals surface area (Å²) in [4.78, 5) is 19.4. The lowest BCUT2D eigenvalue weighted by Gasteiger charge is -1.97. The average Bonchev–Trinajstić information content (AvgIpc) is 2.96. The second-order valence-electron chi connectivity index (χ2n) is 3.58. The molecule has 0 saturated carbocycles. The number of anilines is 1. The van der Waals surface area contributed by atoms with Gasteiger partial charge in [-0.1, -0.05) is 0 Å². The number of ether oxygens (including phenoxy) is 1. The Balaban J connectivity index is 1.88. The highest BCUT2D eigenvalue weighted by Crippen LogP contribution is 2.16. The third kappa shape index (κ3) is 3.27. The van der Waals surface area contributed by atoms with Crippen LogP contribution >= 0.6 is 11.3 Å². The molecule has 0 aromatic carbocycles. The van der Waals surface area contributed by atoms with E-state index in [2.05, 4.69) is 25.1 Å². The van der Waals surface area contributed by atoms with Crippen molar-refractivity contribution in [2.45, 2.75) is 13.0 Å². The Morgan fingerprint density at radius 3 is 3.11 bits per heavy atom. The van der Waals surface area contributed by atoms with Crippen LogP contribution < -0.4 is 5.32 Å². The minimum Gasteiger partial charge on any atom is -0.469 e. The summed E-state index contributed by atoms with van der Waals surface area (Å²) >= 11 is 1.44. The van der Waals surface area contributed by atoms with E-state index in [0.717, 1.165) is 5.13 Å². The Morgan fingerprint density at radius 2 is 2.44 bits per heavy atom. The van der Waals surface area contributed by atoms with Crippen LogP contribution in [-0.2, 0) is 29.5 Å². The number of methoxy groups -OCH3 is 1. The van der Waals surface area contributed by atoms with Crippen molar-refractivity contribution in [3.05, 3.63) is 23.2 Å². The van der Waals surface area contributed by atoms with Gasteiger partial charge in [0.05, 0.1) is 25.8 Å². The SMILES string of the molecule is COC(=O)Cc1csc(NCc2ncn(C)n2)n1. The second-order valence-corrected chi connectivity index (χ2v) is 4.44. The van der Waals surface area contributed by atoms with Gasteiger partial charge in [-0.15, -0.1) is 11.3 Å². The Kier molecular flexibility index (Phi) is 3.88. The molecule has 0 spiro atoms. The fourth-order valence-corrected chi connectivity index (χ4v) is 2.02. The number of nitrogens with one attached hydrogen (secondary N) is 1. The van der Waals surface area contributed by atoms with Gasteiger partial charge in [0.2, 0.25) is 0 Å². The molecular weight excluding hydrogens is 254 g/mol. The van der Waals surface area contributed by atoms with Crippen LogP contribution in [0.3, 0.4) is 0 Å². The van der Waals surface area contributed by atoms with Crippen molar-refractivity contribution in [2.75, 3.05) is 12.4 Å². The van der Waals surface area contributed by atoms with Crippen LogP contribution in [0.25, 0.3) is 0 Å². The van der Waals surface area contributed by atoms with Crippen molar-refractivity contribution in [3.63, 3.8) is 0 Å². The first kappa shape index (κ1) is 12.5. The summed E-state index contributed by atoms with van der Waals surface area (Å²) in [5, 5.41) is 9.80. The van der Waals surface area contributed by atoms with E-state index in [1.807, 2.05) is 12.4 Å². The van der Waals surface area contributed by atoms with Crippen LogP contribution in [0.2, 0.25) is 0 Å². The molecule has 2 heterocycles. The van der Waals surface area contributed by atoms with Crippen molar-refractivity contribution in [1.29, 1.82) is 0 Å². The van der Waals surface area contributed by atoms with E-state index in [0.29, 0.717) is 18.1 Å². The Hall–Kier alpha value is -1.96. The van der Waals surface area contributed by atoms with E-state index >= 15 is 0 Å². The third-order valence-electron chi connectivity index (χ3n) is 2.15. The summed E-state index contributed by atoms with van der Waals surface area (Å²) in [6.07, 6.45) is 1.83. The molecule has 0 amide bonds. The Morgan fingerprint density at radius 1 is 1.61 bits per heavy atom. The van der Waals surface area contributed by atoms with Gasteiger partial charge in [0.15, 0.2) is 11.0 Å². The van der Waals surface area contributed by atoms with Crippen molar-refractivity contribution >= 4 is 22.4 Å². The lowest BCUT2D eigenvalue weighted by molar-refractivity contribution is -0.139. The van der Waals surface area contributed by atoms with Crippen LogP contribution in [0, 0.1) is 0 Å². The fourth-order valence-electron chi connectivity index (χ4n) is 1.31. The molecule has 0 fully saturated rings. The largest absolute Gasteiger partial charge is 0.469 e. The summed E-state index contributed by atoms with van der Waals surface area (Å²) in [6.45, 7) is 0.506. The van der Waals surface area contributed by atoms with Gasteiger partial charge in [-0.3, -0.25) is 9.48 Å². The maximum absolute atomic E-state index is 11.1. The third-order valence-corrected chi connectivity index (χ3v) is 3.00. The number of aromatic nitrogens is 4. The number of aryl methyl sites for hydroxylation is 1. The monoisotopic (exact) mass is 267 g/mol. The number of carbonyl (C=O) groups is 1. The van der Waals surface area contributed by atoms with Crippen molar-refractivity contribution in [3.8, 4) is 0 Å². The molecule has 18 heavy (non-hydrogen) atoms. The molecule has 0 atom stereocenters. The van der Waals surface area contributed by atoms with E-state index in [1.165, 1.54) is 18.4 Å². The number of hydrogen-bond acceptors (Lipinski definition) is 7. The highest BCUT2D eigenvalue weighted by atomic mass is 32.1. The Labute approximate surface area is 108 Å². The van der Waals surface area contributed by atoms with Gasteiger partial charge in [0, 0.05) is 12.4 Å². The fraction of sp³-hybridized carbons (Fsp3) is 0.400. The summed E-state index contributed by atoms with van der Waals surface area (Å²) in [5.41, 5.74) is 0.698. The molecule has 0 unspecified atom stereocenters. The molecular formula is C10H13N5O2S. The topological polar surface area (TPSA) is 81.9 Å². The molecule has 7 nitrogen and oxygen atoms in total. The molecule has 2 aromatic heterocycles. The van der Waals surface area contributed by atoms with Gasteiger partial charge < -0.3 is 10.1 Å². The van der Waals surface area contributed by atoms with Crippen molar-refractivity contribution < 1.29 is 9.53 Å². The van der Waals surface area contributed by atoms with Crippen molar-refractivity contribution in [2.24, 2.45) is 7.05 Å². The lowest BCUT2D eigenvalue weighted by atomic mass is 10.3. The van der Waals surface area contributed by atoms with E-state index in [-0.39, 0.29) is 12.4 Å². The van der Waals surface area contributed by atoms with Gasteiger partial charge in [-0.25, -0.2) is 9.97 Å². The first-order valence-corrected chi connectivity index (χ1v) is 6.15. The lowest BCUT2D eigenvalue weighted by Crippen LogP contribution is -2.05. The van der Waals surface area contributed by atoms with Gasteiger partial charge in [-0.05, 0) is 0 Å². The molecule has 0 aliphatic rings. The first-order chi connectivity index (χ1) is 8.67. The number of nitrogens with zero attached hydrogens (tertiary/aromatic N) is 4. The minimum absolute atomic E-state index is 0.191. The number of carbonyl (C=O) groups excluding carboxylic acids is 1. The number of rotatable bonds is 5. The number of hydrogen-bond donors (Lipinski definition) is 1. The zero-order valence-corrected chi connectivity index (χ0v) is 10.9. The molecule has 2 rings (SSSR count). The smallest absolute Gasteiger partial charge is 0.311 e. The van der Waals surface area contributed by atoms with Crippen LogP contribution in [-0.4, -0.2) is 32.8 Å². The summed E-state index contributed by atoms with van der Waals surface area (Å²) in [5.74, 6) is 0.403. The number of thiazole rings is 1. The van der Waals surface area contributed by atoms with Gasteiger partial charge in [0.1, 0.15) is 6.33 Å². The zero-order valence-electron chi connectivity index (χ0n) is 10.1. The normalized spacial score (nSPS) is 10.3. The quantitative estimate of drug-likeness (QED) is 0.799. The van der Waals surface area contributed by atoms with Crippen LogP contribution in [0.15, 0.2) is 11.7 Å². The zero-order chi connectivity index (χ0) is 13.0. The molecule has 96 valence electrons. The highest BCUT2D eigenvalue weighted by molar-refractivity contribution is 7.13. The minimum atomic E-state index is -0.293. The maximum Gasteiger partial charge on any atom is 0.311 e. The molecule has 0 aliphatic heterocycles. The van der Waals surface area contributed by atoms with Crippen LogP contribution in [0.5, 0.6) is 0 Å². The van der Waals surface area contributed by atoms with E-state index in [9.17, 15) is 4.79 Å². The van der Waals surface area contributed by atoms with Gasteiger partial charge in [0.25, 0.3) is 0 Å². The van der Waals surface area contributed by atoms with E-state index in [4.69, 9.17) is 0 Å². The van der Waals surface area contributed by atoms with Gasteiger partial charge in [-0.2, -0.15) is 5.10 Å². The summed E-state index contributed by atoms with van der Waals surface area (Å²) in [7, 11) is 3.18. The van der Waals surface area contributed by atoms with Crippen molar-refractivity contribution in [1.82, 2.24) is 19.7 Å². The molecule has 0 bridgehead atoms. The average molecular weight is 267 g/mol. The molecule has 0 saturated heterocycles. The summed E-state index contributed by atoms with van der Waals surface area (Å²) < 4.78 is 6.22. The molecule has 8 heteroatoms. The van der Waals surface area contributed by atoms with Crippen LogP contribution in [0.4, 0.5) is 5.13 Å². The Bertz CT molecular complexity index is 536. The first-order valence-electron chi connectivity index (χ1n) is 5.27. The van der Waals surface area contributed by atoms with E-state index in [1.54, 1.807) is 11.0 Å².